The minimum absolute atomic E-state index is 0.952. The third-order valence-corrected chi connectivity index (χ3v) is 3.73. The van der Waals surface area contributed by atoms with Gasteiger partial charge in [0, 0.05) is 6.54 Å². The number of hydrogen-bond acceptors (Lipinski definition) is 2. The average Bonchev–Trinajstić information content (AvgIpc) is 2.64. The highest BCUT2D eigenvalue weighted by molar-refractivity contribution is 5.69. The SMILES string of the molecule is CCCN(c1ccccc1)N(c1ccccc1)c1ccccc1. The van der Waals surface area contributed by atoms with E-state index in [4.69, 9.17) is 0 Å². The number of hydrazine groups is 1. The molecule has 0 aliphatic carbocycles. The summed E-state index contributed by atoms with van der Waals surface area (Å²) < 4.78 is 0. The van der Waals surface area contributed by atoms with Gasteiger partial charge in [0.05, 0.1) is 17.1 Å². The highest BCUT2D eigenvalue weighted by Gasteiger charge is 2.17. The Kier molecular flexibility index (Phi) is 4.95. The third-order valence-electron chi connectivity index (χ3n) is 3.73. The summed E-state index contributed by atoms with van der Waals surface area (Å²) in [5, 5.41) is 4.63. The Morgan fingerprint density at radius 2 is 0.957 bits per heavy atom. The molecule has 0 unspecified atom stereocenters. The van der Waals surface area contributed by atoms with Crippen LogP contribution in [0.4, 0.5) is 17.1 Å². The number of hydrogen-bond donors (Lipinski definition) is 0. The molecule has 0 fully saturated rings. The Labute approximate surface area is 138 Å². The van der Waals surface area contributed by atoms with Gasteiger partial charge in [-0.2, -0.15) is 0 Å². The summed E-state index contributed by atoms with van der Waals surface area (Å²) in [7, 11) is 0. The number of benzene rings is 3. The molecule has 0 atom stereocenters. The molecule has 3 rings (SSSR count). The lowest BCUT2D eigenvalue weighted by Crippen LogP contribution is -2.40. The van der Waals surface area contributed by atoms with E-state index in [0.717, 1.165) is 24.3 Å². The maximum Gasteiger partial charge on any atom is 0.0632 e. The predicted octanol–water partition coefficient (Wildman–Crippen LogP) is 5.66. The molecule has 0 saturated carbocycles. The van der Waals surface area contributed by atoms with Crippen LogP contribution in [0.5, 0.6) is 0 Å². The van der Waals surface area contributed by atoms with E-state index in [1.54, 1.807) is 0 Å². The molecule has 0 aliphatic heterocycles. The predicted molar refractivity (Wildman–Crippen MR) is 99.1 cm³/mol. The van der Waals surface area contributed by atoms with Crippen molar-refractivity contribution in [2.24, 2.45) is 0 Å². The van der Waals surface area contributed by atoms with Crippen molar-refractivity contribution in [3.63, 3.8) is 0 Å². The van der Waals surface area contributed by atoms with Crippen LogP contribution < -0.4 is 10.0 Å². The van der Waals surface area contributed by atoms with E-state index in [2.05, 4.69) is 108 Å². The minimum atomic E-state index is 0.952. The molecule has 2 nitrogen and oxygen atoms in total. The van der Waals surface area contributed by atoms with Gasteiger partial charge in [-0.15, -0.1) is 0 Å². The first kappa shape index (κ1) is 15.2. The summed E-state index contributed by atoms with van der Waals surface area (Å²) in [4.78, 5) is 0. The lowest BCUT2D eigenvalue weighted by molar-refractivity contribution is 0.777. The van der Waals surface area contributed by atoms with Crippen LogP contribution in [-0.4, -0.2) is 6.54 Å². The molecule has 0 radical (unpaired) electrons. The molecule has 0 N–H and O–H groups in total. The first-order valence-corrected chi connectivity index (χ1v) is 8.13. The van der Waals surface area contributed by atoms with Crippen molar-refractivity contribution >= 4 is 17.1 Å². The van der Waals surface area contributed by atoms with E-state index in [9.17, 15) is 0 Å². The van der Waals surface area contributed by atoms with Gasteiger partial charge in [-0.25, -0.2) is 0 Å². The number of para-hydroxylation sites is 3. The van der Waals surface area contributed by atoms with Crippen molar-refractivity contribution in [1.82, 2.24) is 0 Å². The van der Waals surface area contributed by atoms with E-state index in [1.165, 1.54) is 5.69 Å². The van der Waals surface area contributed by atoms with Crippen molar-refractivity contribution < 1.29 is 0 Å². The third kappa shape index (κ3) is 3.54. The molecular weight excluding hydrogens is 280 g/mol. The zero-order valence-corrected chi connectivity index (χ0v) is 13.5. The topological polar surface area (TPSA) is 6.48 Å². The van der Waals surface area contributed by atoms with Gasteiger partial charge in [0.1, 0.15) is 0 Å². The second kappa shape index (κ2) is 7.50. The van der Waals surface area contributed by atoms with Crippen LogP contribution in [0.2, 0.25) is 0 Å². The van der Waals surface area contributed by atoms with Gasteiger partial charge in [0.25, 0.3) is 0 Å². The summed E-state index contributed by atoms with van der Waals surface area (Å²) in [6, 6.07) is 31.6. The average molecular weight is 302 g/mol. The van der Waals surface area contributed by atoms with Crippen molar-refractivity contribution in [3.8, 4) is 0 Å². The number of nitrogens with zero attached hydrogens (tertiary/aromatic N) is 2. The van der Waals surface area contributed by atoms with Gasteiger partial charge in [-0.05, 0) is 42.8 Å². The molecule has 0 amide bonds. The molecule has 3 aromatic carbocycles. The summed E-state index contributed by atoms with van der Waals surface area (Å²) >= 11 is 0. The second-order valence-electron chi connectivity index (χ2n) is 5.44. The van der Waals surface area contributed by atoms with E-state index in [1.807, 2.05) is 0 Å². The Morgan fingerprint density at radius 1 is 0.565 bits per heavy atom. The van der Waals surface area contributed by atoms with Gasteiger partial charge in [0.15, 0.2) is 0 Å². The van der Waals surface area contributed by atoms with Crippen LogP contribution in [-0.2, 0) is 0 Å². The normalized spacial score (nSPS) is 10.3. The fraction of sp³-hybridized carbons (Fsp3) is 0.143. The fourth-order valence-corrected chi connectivity index (χ4v) is 2.72. The summed E-state index contributed by atoms with van der Waals surface area (Å²) in [5.41, 5.74) is 3.52. The number of rotatable bonds is 6. The van der Waals surface area contributed by atoms with Crippen LogP contribution in [0.3, 0.4) is 0 Å². The van der Waals surface area contributed by atoms with Gasteiger partial charge < -0.3 is 0 Å². The molecule has 3 aromatic rings. The summed E-state index contributed by atoms with van der Waals surface area (Å²) in [5.74, 6) is 0. The highest BCUT2D eigenvalue weighted by atomic mass is 15.6. The van der Waals surface area contributed by atoms with E-state index >= 15 is 0 Å². The quantitative estimate of drug-likeness (QED) is 0.542. The van der Waals surface area contributed by atoms with Gasteiger partial charge >= 0.3 is 0 Å². The van der Waals surface area contributed by atoms with Crippen molar-refractivity contribution in [2.75, 3.05) is 16.6 Å². The fourth-order valence-electron chi connectivity index (χ4n) is 2.72. The molecule has 0 aliphatic rings. The van der Waals surface area contributed by atoms with Gasteiger partial charge in [-0.1, -0.05) is 61.5 Å². The lowest BCUT2D eigenvalue weighted by Gasteiger charge is -2.38. The molecule has 0 spiro atoms. The molecular formula is C21H22N2. The Balaban J connectivity index is 2.09. The molecule has 2 heteroatoms. The van der Waals surface area contributed by atoms with Crippen LogP contribution in [0.1, 0.15) is 13.3 Å². The smallest absolute Gasteiger partial charge is 0.0632 e. The van der Waals surface area contributed by atoms with Crippen LogP contribution in [0.25, 0.3) is 0 Å². The molecule has 23 heavy (non-hydrogen) atoms. The van der Waals surface area contributed by atoms with E-state index in [-0.39, 0.29) is 0 Å². The summed E-state index contributed by atoms with van der Waals surface area (Å²) in [6.45, 7) is 3.16. The molecule has 0 saturated heterocycles. The van der Waals surface area contributed by atoms with Crippen LogP contribution >= 0.6 is 0 Å². The molecule has 0 bridgehead atoms. The maximum absolute atomic E-state index is 2.34. The molecule has 0 aromatic heterocycles. The molecule has 0 heterocycles. The van der Waals surface area contributed by atoms with Crippen LogP contribution in [0, 0.1) is 0 Å². The maximum atomic E-state index is 2.34. The Morgan fingerprint density at radius 3 is 1.35 bits per heavy atom. The number of anilines is 3. The zero-order valence-electron chi connectivity index (χ0n) is 13.5. The minimum Gasteiger partial charge on any atom is -0.281 e. The Bertz CT molecular complexity index is 656. The van der Waals surface area contributed by atoms with Crippen molar-refractivity contribution in [3.05, 3.63) is 91.0 Å². The first-order valence-electron chi connectivity index (χ1n) is 8.13. The van der Waals surface area contributed by atoms with Crippen molar-refractivity contribution in [1.29, 1.82) is 0 Å². The van der Waals surface area contributed by atoms with E-state index < -0.39 is 0 Å². The van der Waals surface area contributed by atoms with E-state index in [0.29, 0.717) is 0 Å². The standard InChI is InChI=1S/C21H22N2/c1-2-18-22(19-12-6-3-7-13-19)23(20-14-8-4-9-15-20)21-16-10-5-11-17-21/h3-17H,2,18H2,1H3. The second-order valence-corrected chi connectivity index (χ2v) is 5.44. The largest absolute Gasteiger partial charge is 0.281 e. The van der Waals surface area contributed by atoms with Crippen molar-refractivity contribution in [2.45, 2.75) is 13.3 Å². The first-order chi connectivity index (χ1) is 11.4. The Hall–Kier alpha value is -2.74. The zero-order chi connectivity index (χ0) is 15.9. The summed E-state index contributed by atoms with van der Waals surface area (Å²) in [6.07, 6.45) is 1.07. The van der Waals surface area contributed by atoms with Gasteiger partial charge in [0.2, 0.25) is 0 Å². The highest BCUT2D eigenvalue weighted by Crippen LogP contribution is 2.30. The van der Waals surface area contributed by atoms with Gasteiger partial charge in [-0.3, -0.25) is 10.0 Å². The van der Waals surface area contributed by atoms with Crippen LogP contribution in [0.15, 0.2) is 91.0 Å². The molecule has 116 valence electrons. The lowest BCUT2D eigenvalue weighted by atomic mass is 10.2. The monoisotopic (exact) mass is 302 g/mol.